The molecule has 1 aliphatic rings. The van der Waals surface area contributed by atoms with E-state index in [-0.39, 0.29) is 17.9 Å². The first kappa shape index (κ1) is 19.4. The molecule has 0 saturated heterocycles. The van der Waals surface area contributed by atoms with Gasteiger partial charge in [-0.25, -0.2) is 4.39 Å². The van der Waals surface area contributed by atoms with Gasteiger partial charge in [-0.05, 0) is 35.9 Å². The van der Waals surface area contributed by atoms with E-state index in [1.807, 2.05) is 0 Å². The quantitative estimate of drug-likeness (QED) is 0.680. The first-order valence-electron chi connectivity index (χ1n) is 9.34. The van der Waals surface area contributed by atoms with Crippen LogP contribution in [0.25, 0.3) is 0 Å². The lowest BCUT2D eigenvalue weighted by atomic mass is 9.97. The Balaban J connectivity index is 1.88. The van der Waals surface area contributed by atoms with Crippen LogP contribution in [0.3, 0.4) is 0 Å². The maximum Gasteiger partial charge on any atom is 0.259 e. The van der Waals surface area contributed by atoms with Crippen molar-refractivity contribution in [3.05, 3.63) is 95.3 Å². The summed E-state index contributed by atoms with van der Waals surface area (Å²) in [5, 5.41) is 10.2. The number of fused-ring (bicyclic) bond motifs is 1. The predicted octanol–water partition coefficient (Wildman–Crippen LogP) is 3.33. The number of primary amides is 1. The number of carbonyl (C=O) groups is 2. The van der Waals surface area contributed by atoms with Crippen LogP contribution in [0.1, 0.15) is 33.6 Å². The summed E-state index contributed by atoms with van der Waals surface area (Å²) in [6.07, 6.45) is 0. The molecule has 0 spiro atoms. The maximum absolute atomic E-state index is 14.0. The Morgan fingerprint density at radius 3 is 2.47 bits per heavy atom. The molecule has 1 aliphatic heterocycles. The van der Waals surface area contributed by atoms with Crippen LogP contribution in [0.5, 0.6) is 11.5 Å². The number of aromatic hydroxyl groups is 1. The summed E-state index contributed by atoms with van der Waals surface area (Å²) in [6.45, 7) is 0.0226. The lowest BCUT2D eigenvalue weighted by Crippen LogP contribution is -2.44. The maximum atomic E-state index is 14.0. The smallest absolute Gasteiger partial charge is 0.259 e. The van der Waals surface area contributed by atoms with E-state index in [0.717, 1.165) is 0 Å². The van der Waals surface area contributed by atoms with Crippen molar-refractivity contribution in [1.82, 2.24) is 4.90 Å². The minimum Gasteiger partial charge on any atom is -0.507 e. The van der Waals surface area contributed by atoms with Gasteiger partial charge in [0.25, 0.3) is 5.91 Å². The van der Waals surface area contributed by atoms with Crippen LogP contribution in [0.15, 0.2) is 72.8 Å². The van der Waals surface area contributed by atoms with Gasteiger partial charge in [0.2, 0.25) is 5.91 Å². The molecule has 0 aromatic heterocycles. The van der Waals surface area contributed by atoms with E-state index in [9.17, 15) is 19.1 Å². The fourth-order valence-electron chi connectivity index (χ4n) is 3.73. The Kier molecular flexibility index (Phi) is 5.10. The van der Waals surface area contributed by atoms with Gasteiger partial charge in [0.05, 0.1) is 11.6 Å². The van der Waals surface area contributed by atoms with Crippen molar-refractivity contribution in [2.24, 2.45) is 5.73 Å². The number of ether oxygens (including phenoxy) is 1. The van der Waals surface area contributed by atoms with Gasteiger partial charge in [0.15, 0.2) is 0 Å². The summed E-state index contributed by atoms with van der Waals surface area (Å²) >= 11 is 0. The van der Waals surface area contributed by atoms with E-state index < -0.39 is 29.7 Å². The van der Waals surface area contributed by atoms with Gasteiger partial charge in [-0.3, -0.25) is 9.59 Å². The van der Waals surface area contributed by atoms with Crippen molar-refractivity contribution in [3.63, 3.8) is 0 Å². The zero-order valence-corrected chi connectivity index (χ0v) is 15.9. The van der Waals surface area contributed by atoms with Crippen LogP contribution in [0, 0.1) is 5.82 Å². The first-order chi connectivity index (χ1) is 14.5. The second-order valence-electron chi connectivity index (χ2n) is 6.95. The lowest BCUT2D eigenvalue weighted by Gasteiger charge is -2.34. The molecule has 7 heteroatoms. The number of rotatable bonds is 5. The summed E-state index contributed by atoms with van der Waals surface area (Å²) in [7, 11) is 0. The lowest BCUT2D eigenvalue weighted by molar-refractivity contribution is -0.123. The molecule has 2 atom stereocenters. The number of hydrogen-bond acceptors (Lipinski definition) is 4. The highest BCUT2D eigenvalue weighted by atomic mass is 19.1. The van der Waals surface area contributed by atoms with Gasteiger partial charge < -0.3 is 20.5 Å². The van der Waals surface area contributed by atoms with Crippen molar-refractivity contribution < 1.29 is 23.8 Å². The third-order valence-electron chi connectivity index (χ3n) is 5.10. The molecule has 3 aromatic rings. The second-order valence-corrected chi connectivity index (χ2v) is 6.95. The van der Waals surface area contributed by atoms with E-state index in [4.69, 9.17) is 10.5 Å². The van der Waals surface area contributed by atoms with Gasteiger partial charge in [-0.1, -0.05) is 42.5 Å². The van der Waals surface area contributed by atoms with Gasteiger partial charge >= 0.3 is 0 Å². The predicted molar refractivity (Wildman–Crippen MR) is 107 cm³/mol. The average molecular weight is 406 g/mol. The van der Waals surface area contributed by atoms with Crippen molar-refractivity contribution in [2.75, 3.05) is 6.61 Å². The SMILES string of the molecule is NC(=O)C(c1ccccc1)N(C(=O)c1ccccc1O)[C@@H]1COc2ccc(F)cc21. The Morgan fingerprint density at radius 2 is 1.77 bits per heavy atom. The summed E-state index contributed by atoms with van der Waals surface area (Å²) in [5.41, 5.74) is 6.67. The van der Waals surface area contributed by atoms with Crippen molar-refractivity contribution >= 4 is 11.8 Å². The zero-order chi connectivity index (χ0) is 21.3. The minimum atomic E-state index is -1.15. The molecule has 0 fully saturated rings. The summed E-state index contributed by atoms with van der Waals surface area (Å²) in [5.74, 6) is -1.68. The molecule has 2 amide bonds. The molecule has 0 aliphatic carbocycles. The van der Waals surface area contributed by atoms with E-state index >= 15 is 0 Å². The van der Waals surface area contributed by atoms with Crippen molar-refractivity contribution in [1.29, 1.82) is 0 Å². The summed E-state index contributed by atoms with van der Waals surface area (Å²) in [4.78, 5) is 27.4. The number of phenols is 1. The Morgan fingerprint density at radius 1 is 1.07 bits per heavy atom. The van der Waals surface area contributed by atoms with E-state index in [2.05, 4.69) is 0 Å². The highest BCUT2D eigenvalue weighted by Crippen LogP contribution is 2.41. The van der Waals surface area contributed by atoms with Crippen LogP contribution in [0.2, 0.25) is 0 Å². The first-order valence-corrected chi connectivity index (χ1v) is 9.34. The minimum absolute atomic E-state index is 0.00420. The van der Waals surface area contributed by atoms with Gasteiger partial charge in [-0.2, -0.15) is 0 Å². The van der Waals surface area contributed by atoms with E-state index in [1.165, 1.54) is 35.2 Å². The zero-order valence-electron chi connectivity index (χ0n) is 15.9. The molecule has 152 valence electrons. The van der Waals surface area contributed by atoms with Gasteiger partial charge in [0.1, 0.15) is 30.0 Å². The molecular formula is C23H19FN2O4. The van der Waals surface area contributed by atoms with E-state index in [1.54, 1.807) is 42.5 Å². The Bertz CT molecular complexity index is 1100. The number of phenolic OH excluding ortho intramolecular Hbond substituents is 1. The molecule has 1 unspecified atom stereocenters. The Hall–Kier alpha value is -3.87. The van der Waals surface area contributed by atoms with Crippen LogP contribution in [0.4, 0.5) is 4.39 Å². The topological polar surface area (TPSA) is 92.9 Å². The molecule has 3 aromatic carbocycles. The number of hydrogen-bond donors (Lipinski definition) is 2. The average Bonchev–Trinajstić information content (AvgIpc) is 3.14. The fraction of sp³-hybridized carbons (Fsp3) is 0.130. The molecule has 30 heavy (non-hydrogen) atoms. The monoisotopic (exact) mass is 406 g/mol. The molecular weight excluding hydrogens is 387 g/mol. The van der Waals surface area contributed by atoms with E-state index in [0.29, 0.717) is 16.9 Å². The fourth-order valence-corrected chi connectivity index (χ4v) is 3.73. The van der Waals surface area contributed by atoms with Crippen LogP contribution in [-0.4, -0.2) is 28.4 Å². The molecule has 0 radical (unpaired) electrons. The standard InChI is InChI=1S/C23H19FN2O4/c24-15-10-11-20-17(12-15)18(13-30-20)26(23(29)16-8-4-5-9-19(16)27)21(22(25)28)14-6-2-1-3-7-14/h1-12,18,21,27H,13H2,(H2,25,28)/t18-,21?/m1/s1. The second kappa shape index (κ2) is 7.87. The number of amides is 2. The summed E-state index contributed by atoms with van der Waals surface area (Å²) < 4.78 is 19.6. The molecule has 0 bridgehead atoms. The normalized spacial score (nSPS) is 15.7. The van der Waals surface area contributed by atoms with Crippen molar-refractivity contribution in [2.45, 2.75) is 12.1 Å². The van der Waals surface area contributed by atoms with Crippen LogP contribution < -0.4 is 10.5 Å². The molecule has 1 heterocycles. The van der Waals surface area contributed by atoms with Crippen LogP contribution in [-0.2, 0) is 4.79 Å². The third kappa shape index (κ3) is 3.45. The number of carbonyl (C=O) groups excluding carboxylic acids is 2. The molecule has 6 nitrogen and oxygen atoms in total. The largest absolute Gasteiger partial charge is 0.507 e. The highest BCUT2D eigenvalue weighted by molar-refractivity contribution is 6.00. The third-order valence-corrected chi connectivity index (χ3v) is 5.10. The number of nitrogens with two attached hydrogens (primary N) is 1. The Labute approximate surface area is 172 Å². The van der Waals surface area contributed by atoms with Crippen molar-refractivity contribution in [3.8, 4) is 11.5 Å². The summed E-state index contributed by atoms with van der Waals surface area (Å²) in [6, 6.07) is 16.7. The van der Waals surface area contributed by atoms with Crippen LogP contribution >= 0.6 is 0 Å². The molecule has 3 N–H and O–H groups in total. The molecule has 0 saturated carbocycles. The van der Waals surface area contributed by atoms with Gasteiger partial charge in [-0.15, -0.1) is 0 Å². The number of benzene rings is 3. The number of nitrogens with zero attached hydrogens (tertiary/aromatic N) is 1. The van der Waals surface area contributed by atoms with Gasteiger partial charge in [0, 0.05) is 5.56 Å². The number of para-hydroxylation sites is 1. The highest BCUT2D eigenvalue weighted by Gasteiger charge is 2.41. The number of halogens is 1. The molecule has 4 rings (SSSR count).